The normalized spacial score (nSPS) is 18.8. The van der Waals surface area contributed by atoms with Crippen molar-refractivity contribution in [2.45, 2.75) is 13.0 Å². The molecule has 1 aromatic carbocycles. The molecule has 3 heterocycles. The highest BCUT2D eigenvalue weighted by Crippen LogP contribution is 2.33. The van der Waals surface area contributed by atoms with Gasteiger partial charge in [0.15, 0.2) is 0 Å². The smallest absolute Gasteiger partial charge is 0.406 e. The zero-order valence-corrected chi connectivity index (χ0v) is 15.5. The van der Waals surface area contributed by atoms with Gasteiger partial charge in [-0.1, -0.05) is 16.6 Å². The van der Waals surface area contributed by atoms with Crippen LogP contribution in [-0.4, -0.2) is 53.3 Å². The molecule has 1 atom stereocenters. The third kappa shape index (κ3) is 2.08. The molecule has 0 aliphatic carbocycles. The number of carbonyl (C=O) groups is 2. The number of imide groups is 1. The Morgan fingerprint density at radius 3 is 2.62 bits per heavy atom. The van der Waals surface area contributed by atoms with Crippen LogP contribution in [0.15, 0.2) is 29.4 Å². The van der Waals surface area contributed by atoms with Gasteiger partial charge in [-0.25, -0.2) is 9.36 Å². The van der Waals surface area contributed by atoms with Gasteiger partial charge in [0, 0.05) is 14.1 Å². The topological polar surface area (TPSA) is 71.0 Å². The maximum absolute atomic E-state index is 12.7. The standard InChI is InChI=1S/C17H17ClN5O3/c1-9-8-22-13-14(20(2)17(25)21(3)15(13)24)19-16(22)23(9)10-5-6-12(26-4)11(18)7-10/h5-8,13H,1-4H3/q+1. The number of likely N-dealkylation sites (N-methyl/N-ethyl adjacent to an activating group) is 2. The minimum atomic E-state index is -0.647. The predicted molar refractivity (Wildman–Crippen MR) is 94.3 cm³/mol. The maximum Gasteiger partial charge on any atom is 0.406 e. The lowest BCUT2D eigenvalue weighted by molar-refractivity contribution is -0.676. The van der Waals surface area contributed by atoms with Crippen molar-refractivity contribution in [1.29, 1.82) is 0 Å². The van der Waals surface area contributed by atoms with Crippen LogP contribution in [0.1, 0.15) is 11.7 Å². The average molecular weight is 375 g/mol. The number of amides is 3. The van der Waals surface area contributed by atoms with Crippen molar-refractivity contribution in [2.24, 2.45) is 4.99 Å². The monoisotopic (exact) mass is 374 g/mol. The summed E-state index contributed by atoms with van der Waals surface area (Å²) < 4.78 is 8.87. The van der Waals surface area contributed by atoms with Crippen molar-refractivity contribution in [2.75, 3.05) is 21.2 Å². The summed E-state index contributed by atoms with van der Waals surface area (Å²) in [5.74, 6) is 1.25. The number of ether oxygens (including phenoxy) is 1. The van der Waals surface area contributed by atoms with Crippen LogP contribution >= 0.6 is 11.6 Å². The summed E-state index contributed by atoms with van der Waals surface area (Å²) in [5, 5.41) is 0.475. The maximum atomic E-state index is 12.7. The number of hydrogen-bond acceptors (Lipinski definition) is 4. The van der Waals surface area contributed by atoms with E-state index in [1.54, 1.807) is 30.9 Å². The third-order valence-corrected chi connectivity index (χ3v) is 5.02. The molecule has 0 spiro atoms. The van der Waals surface area contributed by atoms with E-state index < -0.39 is 12.1 Å². The zero-order valence-electron chi connectivity index (χ0n) is 14.7. The molecule has 4 rings (SSSR count). The predicted octanol–water partition coefficient (Wildman–Crippen LogP) is 1.84. The van der Waals surface area contributed by atoms with Gasteiger partial charge < -0.3 is 4.74 Å². The van der Waals surface area contributed by atoms with Crippen LogP contribution in [0.25, 0.3) is 5.69 Å². The molecular weight excluding hydrogens is 358 g/mol. The molecule has 2 aromatic rings. The fraction of sp³-hybridized carbons (Fsp3) is 0.294. The second-order valence-corrected chi connectivity index (χ2v) is 6.65. The number of imidazole rings is 1. The largest absolute Gasteiger partial charge is 0.495 e. The van der Waals surface area contributed by atoms with E-state index in [1.807, 2.05) is 23.8 Å². The van der Waals surface area contributed by atoms with Gasteiger partial charge in [0.05, 0.1) is 12.1 Å². The fourth-order valence-electron chi connectivity index (χ4n) is 3.38. The molecule has 2 aliphatic rings. The number of aryl methyl sites for hydroxylation is 1. The Morgan fingerprint density at radius 2 is 1.96 bits per heavy atom. The molecule has 134 valence electrons. The molecule has 9 heteroatoms. The molecule has 2 aliphatic heterocycles. The van der Waals surface area contributed by atoms with Crippen molar-refractivity contribution in [1.82, 2.24) is 14.4 Å². The lowest BCUT2D eigenvalue weighted by atomic mass is 10.2. The van der Waals surface area contributed by atoms with Crippen LogP contribution in [0, 0.1) is 6.92 Å². The van der Waals surface area contributed by atoms with E-state index in [4.69, 9.17) is 16.3 Å². The number of nitrogens with zero attached hydrogens (tertiary/aromatic N) is 5. The molecule has 1 saturated heterocycles. The first kappa shape index (κ1) is 16.6. The SMILES string of the molecule is COc1ccc(-n2c(C)c[n+]3c2N=C2C3C(=O)N(C)C(=O)N2C)cc1Cl. The summed E-state index contributed by atoms with van der Waals surface area (Å²) >= 11 is 6.26. The second kappa shape index (κ2) is 5.57. The van der Waals surface area contributed by atoms with Gasteiger partial charge in [0.1, 0.15) is 23.3 Å². The Labute approximate surface area is 154 Å². The summed E-state index contributed by atoms with van der Waals surface area (Å²) in [6, 6.07) is 4.37. The summed E-state index contributed by atoms with van der Waals surface area (Å²) in [5.41, 5.74) is 1.68. The first-order valence-electron chi connectivity index (χ1n) is 7.96. The Morgan fingerprint density at radius 1 is 1.23 bits per heavy atom. The molecule has 1 fully saturated rings. The van der Waals surface area contributed by atoms with Gasteiger partial charge in [-0.3, -0.25) is 14.6 Å². The lowest BCUT2D eigenvalue weighted by Crippen LogP contribution is -2.61. The number of fused-ring (bicyclic) bond motifs is 3. The molecule has 0 saturated carbocycles. The number of aromatic nitrogens is 2. The van der Waals surface area contributed by atoms with E-state index in [0.717, 1.165) is 16.3 Å². The van der Waals surface area contributed by atoms with Crippen LogP contribution in [0.5, 0.6) is 5.75 Å². The van der Waals surface area contributed by atoms with Crippen LogP contribution in [0.3, 0.4) is 0 Å². The van der Waals surface area contributed by atoms with Gasteiger partial charge in [-0.2, -0.15) is 4.57 Å². The summed E-state index contributed by atoms with van der Waals surface area (Å²) in [4.78, 5) is 31.9. The van der Waals surface area contributed by atoms with Crippen molar-refractivity contribution < 1.29 is 18.9 Å². The fourth-order valence-corrected chi connectivity index (χ4v) is 3.63. The summed E-state index contributed by atoms with van der Waals surface area (Å²) in [6.45, 7) is 1.92. The van der Waals surface area contributed by atoms with Gasteiger partial charge in [-0.05, 0) is 25.1 Å². The second-order valence-electron chi connectivity index (χ2n) is 6.24. The average Bonchev–Trinajstić information content (AvgIpc) is 3.12. The van der Waals surface area contributed by atoms with E-state index >= 15 is 0 Å². The molecule has 0 radical (unpaired) electrons. The summed E-state index contributed by atoms with van der Waals surface area (Å²) in [7, 11) is 4.65. The third-order valence-electron chi connectivity index (χ3n) is 4.72. The van der Waals surface area contributed by atoms with E-state index in [1.165, 1.54) is 11.9 Å². The molecular formula is C17H17ClN5O3+. The molecule has 1 aromatic heterocycles. The highest BCUT2D eigenvalue weighted by molar-refractivity contribution is 6.32. The highest BCUT2D eigenvalue weighted by atomic mass is 35.5. The Balaban J connectivity index is 1.89. The van der Waals surface area contributed by atoms with Gasteiger partial charge >= 0.3 is 12.0 Å². The molecule has 0 N–H and O–H groups in total. The number of rotatable bonds is 2. The number of hydrogen-bond donors (Lipinski definition) is 0. The number of methoxy groups -OCH3 is 1. The van der Waals surface area contributed by atoms with Gasteiger partial charge in [-0.15, -0.1) is 0 Å². The number of benzene rings is 1. The molecule has 1 unspecified atom stereocenters. The number of amidine groups is 1. The highest BCUT2D eigenvalue weighted by Gasteiger charge is 2.52. The molecule has 8 nitrogen and oxygen atoms in total. The van der Waals surface area contributed by atoms with Crippen molar-refractivity contribution in [3.63, 3.8) is 0 Å². The van der Waals surface area contributed by atoms with Gasteiger partial charge in [0.25, 0.3) is 5.91 Å². The molecule has 3 amide bonds. The Bertz CT molecular complexity index is 997. The quantitative estimate of drug-likeness (QED) is 0.753. The number of carbonyl (C=O) groups excluding carboxylic acids is 2. The van der Waals surface area contributed by atoms with Crippen LogP contribution in [-0.2, 0) is 4.79 Å². The Kier molecular flexibility index (Phi) is 3.55. The number of urea groups is 1. The van der Waals surface area contributed by atoms with Crippen LogP contribution < -0.4 is 9.30 Å². The van der Waals surface area contributed by atoms with Crippen LogP contribution in [0.4, 0.5) is 10.7 Å². The number of aliphatic imine (C=N–C) groups is 1. The van der Waals surface area contributed by atoms with Crippen molar-refractivity contribution in [3.05, 3.63) is 35.1 Å². The minimum absolute atomic E-state index is 0.305. The first-order chi connectivity index (χ1) is 12.3. The van der Waals surface area contributed by atoms with E-state index in [0.29, 0.717) is 22.6 Å². The minimum Gasteiger partial charge on any atom is -0.495 e. The van der Waals surface area contributed by atoms with Crippen molar-refractivity contribution in [3.8, 4) is 11.4 Å². The molecule has 0 bridgehead atoms. The van der Waals surface area contributed by atoms with Crippen LogP contribution in [0.2, 0.25) is 5.02 Å². The van der Waals surface area contributed by atoms with E-state index in [-0.39, 0.29) is 5.91 Å². The molecule has 26 heavy (non-hydrogen) atoms. The van der Waals surface area contributed by atoms with Gasteiger partial charge in [0.2, 0.25) is 11.9 Å². The summed E-state index contributed by atoms with van der Waals surface area (Å²) in [6.07, 6.45) is 1.85. The van der Waals surface area contributed by atoms with E-state index in [2.05, 4.69) is 4.99 Å². The van der Waals surface area contributed by atoms with E-state index in [9.17, 15) is 9.59 Å². The Hall–Kier alpha value is -2.87. The van der Waals surface area contributed by atoms with Crippen molar-refractivity contribution >= 4 is 35.3 Å². The lowest BCUT2D eigenvalue weighted by Gasteiger charge is -2.30. The number of halogens is 1. The first-order valence-corrected chi connectivity index (χ1v) is 8.34. The zero-order chi connectivity index (χ0) is 18.7.